The standard InChI is InChI=1S/C27H27ClFN5O3.C25H20ClFN6O/c1-27(2,3)37-26(36)34-14-20-5-4-16(11-31-20)6-17-7-19(12-30-10-17)25(35)33-13-18-8-21-22(28)15-32-24(21)9-23(18)29;26-22-14-30-24-11-23(27)18(10-21(22)24)13-31-25(34)17-4-6-28-20(9-17)8-16-2-3-19(29-12-16)15-33-7-1-5-32-33/h4-5,7-12,15,32H,6,13-14H2,1-3H3,(H,33,35)(H,34,36);1-7,9-12,14,30H,8,13,15H2,(H,31,34). The Hall–Kier alpha value is -8.02. The maximum absolute atomic E-state index is 14.4. The topological polar surface area (TPSA) is 197 Å². The number of carbonyl (C=O) groups is 3. The minimum Gasteiger partial charge on any atom is -0.444 e. The average molecular weight is 999 g/mol. The van der Waals surface area contributed by atoms with Gasteiger partial charge in [0.15, 0.2) is 0 Å². The van der Waals surface area contributed by atoms with Crippen molar-refractivity contribution in [2.45, 2.75) is 65.4 Å². The summed E-state index contributed by atoms with van der Waals surface area (Å²) in [6.07, 6.45) is 15.6. The molecule has 9 rings (SSSR count). The highest BCUT2D eigenvalue weighted by Gasteiger charge is 2.17. The van der Waals surface area contributed by atoms with Crippen LogP contribution in [0.2, 0.25) is 10.0 Å². The molecule has 0 aliphatic carbocycles. The van der Waals surface area contributed by atoms with Gasteiger partial charge >= 0.3 is 6.09 Å². The highest BCUT2D eigenvalue weighted by atomic mass is 35.5. The number of nitrogens with zero attached hydrogens (tertiary/aromatic N) is 6. The number of nitrogens with one attached hydrogen (secondary N) is 5. The molecule has 7 heterocycles. The van der Waals surface area contributed by atoms with E-state index in [-0.39, 0.29) is 31.4 Å². The average Bonchev–Trinajstić information content (AvgIpc) is 4.10. The van der Waals surface area contributed by atoms with Crippen LogP contribution in [0.4, 0.5) is 13.6 Å². The Morgan fingerprint density at radius 2 is 1.27 bits per heavy atom. The summed E-state index contributed by atoms with van der Waals surface area (Å²) >= 11 is 12.2. The number of carbonyl (C=O) groups excluding carboxylic acids is 3. The lowest BCUT2D eigenvalue weighted by Crippen LogP contribution is -2.32. The molecular formula is C52H47Cl2F2N11O4. The van der Waals surface area contributed by atoms with Crippen molar-refractivity contribution < 1.29 is 27.9 Å². The smallest absolute Gasteiger partial charge is 0.407 e. The largest absolute Gasteiger partial charge is 0.444 e. The van der Waals surface area contributed by atoms with Gasteiger partial charge in [0.25, 0.3) is 11.8 Å². The van der Waals surface area contributed by atoms with Crippen LogP contribution in [0.5, 0.6) is 0 Å². The fraction of sp³-hybridized carbons (Fsp3) is 0.192. The first-order valence-corrected chi connectivity index (χ1v) is 23.0. The van der Waals surface area contributed by atoms with Gasteiger partial charge in [-0.2, -0.15) is 5.10 Å². The van der Waals surface area contributed by atoms with Crippen molar-refractivity contribution in [3.8, 4) is 0 Å². The Labute approximate surface area is 416 Å². The maximum Gasteiger partial charge on any atom is 0.407 e. The van der Waals surface area contributed by atoms with Gasteiger partial charge < -0.3 is 30.7 Å². The van der Waals surface area contributed by atoms with Crippen LogP contribution >= 0.6 is 23.2 Å². The van der Waals surface area contributed by atoms with Gasteiger partial charge in [-0.3, -0.25) is 34.2 Å². The second-order valence-electron chi connectivity index (χ2n) is 17.5. The Kier molecular flexibility index (Phi) is 15.4. The van der Waals surface area contributed by atoms with Gasteiger partial charge in [0.1, 0.15) is 17.2 Å². The molecular weight excluding hydrogens is 952 g/mol. The van der Waals surface area contributed by atoms with Gasteiger partial charge in [-0.15, -0.1) is 0 Å². The molecule has 0 fully saturated rings. The fourth-order valence-electron chi connectivity index (χ4n) is 7.36. The third-order valence-corrected chi connectivity index (χ3v) is 11.5. The van der Waals surface area contributed by atoms with Crippen LogP contribution in [0.25, 0.3) is 21.8 Å². The Morgan fingerprint density at radius 1 is 0.648 bits per heavy atom. The number of ether oxygens (including phenoxy) is 1. The third-order valence-electron chi connectivity index (χ3n) is 10.9. The number of alkyl carbamates (subject to hydrolysis) is 1. The lowest BCUT2D eigenvalue weighted by Gasteiger charge is -2.19. The number of benzene rings is 2. The van der Waals surface area contributed by atoms with Crippen LogP contribution in [0, 0.1) is 11.6 Å². The summed E-state index contributed by atoms with van der Waals surface area (Å²) in [5, 5.41) is 14.8. The number of aromatic amines is 2. The van der Waals surface area contributed by atoms with Crippen LogP contribution in [0.3, 0.4) is 0 Å². The molecule has 2 aromatic carbocycles. The predicted octanol–water partition coefficient (Wildman–Crippen LogP) is 9.81. The monoisotopic (exact) mass is 997 g/mol. The molecule has 0 saturated carbocycles. The second kappa shape index (κ2) is 22.2. The van der Waals surface area contributed by atoms with Crippen molar-refractivity contribution in [1.29, 1.82) is 0 Å². The number of amides is 3. The molecule has 15 nitrogen and oxygen atoms in total. The lowest BCUT2D eigenvalue weighted by atomic mass is 10.1. The molecule has 7 aromatic heterocycles. The maximum atomic E-state index is 14.4. The Balaban J connectivity index is 0.000000191. The highest BCUT2D eigenvalue weighted by molar-refractivity contribution is 6.36. The molecule has 5 N–H and O–H groups in total. The van der Waals surface area contributed by atoms with Gasteiger partial charge in [-0.1, -0.05) is 35.3 Å². The van der Waals surface area contributed by atoms with E-state index < -0.39 is 23.3 Å². The molecule has 0 aliphatic heterocycles. The molecule has 9 aromatic rings. The normalized spacial score (nSPS) is 11.3. The SMILES string of the molecule is CC(C)(C)OC(=O)NCc1ccc(Cc2cncc(C(=O)NCc3cc4c(Cl)c[nH]c4cc3F)c2)cn1.O=C(NCc1cc2c(Cl)c[nH]c2cc1F)c1ccnc(Cc2ccc(Cn3cccn3)nc2)c1. The summed E-state index contributed by atoms with van der Waals surface area (Å²) in [7, 11) is 0. The molecule has 19 heteroatoms. The molecule has 0 atom stereocenters. The first-order chi connectivity index (χ1) is 34.1. The Bertz CT molecular complexity index is 3320. The van der Waals surface area contributed by atoms with Gasteiger partial charge in [0, 0.05) is 126 Å². The van der Waals surface area contributed by atoms with Crippen LogP contribution in [-0.4, -0.2) is 63.2 Å². The number of aromatic nitrogens is 8. The van der Waals surface area contributed by atoms with Crippen molar-refractivity contribution in [1.82, 2.24) is 55.6 Å². The number of rotatable bonds is 14. The molecule has 0 radical (unpaired) electrons. The van der Waals surface area contributed by atoms with Gasteiger partial charge in [-0.25, -0.2) is 13.6 Å². The molecule has 0 saturated heterocycles. The van der Waals surface area contributed by atoms with Crippen molar-refractivity contribution in [3.63, 3.8) is 0 Å². The first-order valence-electron chi connectivity index (χ1n) is 22.3. The molecule has 3 amide bonds. The van der Waals surface area contributed by atoms with Crippen molar-refractivity contribution in [3.05, 3.63) is 206 Å². The van der Waals surface area contributed by atoms with Crippen LogP contribution in [0.1, 0.15) is 86.4 Å². The molecule has 0 aliphatic rings. The summed E-state index contributed by atoms with van der Waals surface area (Å²) in [4.78, 5) is 60.4. The lowest BCUT2D eigenvalue weighted by molar-refractivity contribution is 0.0522. The van der Waals surface area contributed by atoms with E-state index in [0.717, 1.165) is 28.1 Å². The zero-order chi connectivity index (χ0) is 50.1. The summed E-state index contributed by atoms with van der Waals surface area (Å²) < 4.78 is 35.8. The van der Waals surface area contributed by atoms with Gasteiger partial charge in [0.2, 0.25) is 0 Å². The predicted molar refractivity (Wildman–Crippen MR) is 266 cm³/mol. The number of fused-ring (bicyclic) bond motifs is 2. The molecule has 0 spiro atoms. The van der Waals surface area contributed by atoms with Crippen LogP contribution < -0.4 is 16.0 Å². The van der Waals surface area contributed by atoms with E-state index in [2.05, 4.69) is 51.0 Å². The fourth-order valence-corrected chi connectivity index (χ4v) is 7.78. The zero-order valence-corrected chi connectivity index (χ0v) is 40.2. The van der Waals surface area contributed by atoms with Gasteiger partial charge in [0.05, 0.1) is 40.1 Å². The summed E-state index contributed by atoms with van der Waals surface area (Å²) in [6, 6.07) is 20.6. The van der Waals surface area contributed by atoms with E-state index in [1.165, 1.54) is 18.3 Å². The van der Waals surface area contributed by atoms with Crippen molar-refractivity contribution >= 4 is 62.9 Å². The quantitative estimate of drug-likeness (QED) is 0.0704. The minimum atomic E-state index is -0.567. The number of hydrogen-bond donors (Lipinski definition) is 5. The van der Waals surface area contributed by atoms with E-state index in [0.29, 0.717) is 79.2 Å². The van der Waals surface area contributed by atoms with E-state index >= 15 is 0 Å². The molecule has 71 heavy (non-hydrogen) atoms. The zero-order valence-electron chi connectivity index (χ0n) is 38.7. The number of H-pyrrole nitrogens is 2. The number of halogens is 4. The van der Waals surface area contributed by atoms with E-state index in [9.17, 15) is 23.2 Å². The molecule has 362 valence electrons. The van der Waals surface area contributed by atoms with Crippen molar-refractivity contribution in [2.75, 3.05) is 0 Å². The third kappa shape index (κ3) is 13.4. The van der Waals surface area contributed by atoms with Gasteiger partial charge in [-0.05, 0) is 98.1 Å². The van der Waals surface area contributed by atoms with Crippen LogP contribution in [-0.2, 0) is 43.8 Å². The molecule has 0 bridgehead atoms. The van der Waals surface area contributed by atoms with E-state index in [1.54, 1.807) is 94.5 Å². The minimum absolute atomic E-state index is 0.00898. The first kappa shape index (κ1) is 49.4. The second-order valence-corrected chi connectivity index (χ2v) is 18.3. The van der Waals surface area contributed by atoms with Crippen molar-refractivity contribution in [2.24, 2.45) is 0 Å². The summed E-state index contributed by atoms with van der Waals surface area (Å²) in [6.45, 7) is 6.30. The Morgan fingerprint density at radius 3 is 1.86 bits per heavy atom. The summed E-state index contributed by atoms with van der Waals surface area (Å²) in [5.41, 5.74) is 7.19. The molecule has 0 unspecified atom stereocenters. The number of pyridine rings is 4. The van der Waals surface area contributed by atoms with E-state index in [1.807, 2.05) is 41.2 Å². The highest BCUT2D eigenvalue weighted by Crippen LogP contribution is 2.27. The van der Waals surface area contributed by atoms with Crippen LogP contribution in [0.15, 0.2) is 129 Å². The summed E-state index contributed by atoms with van der Waals surface area (Å²) in [5.74, 6) is -1.52. The van der Waals surface area contributed by atoms with E-state index in [4.69, 9.17) is 27.9 Å². The number of hydrogen-bond acceptors (Lipinski definition) is 9.